The molecule has 11 heteroatoms. The van der Waals surface area contributed by atoms with Gasteiger partial charge in [-0.3, -0.25) is 25.3 Å². The maximum atomic E-state index is 13.3. The number of imide groups is 1. The zero-order chi connectivity index (χ0) is 42.2. The molecule has 60 heavy (non-hydrogen) atoms. The highest BCUT2D eigenvalue weighted by molar-refractivity contribution is 8.11. The molecule has 5 atom stereocenters. The summed E-state index contributed by atoms with van der Waals surface area (Å²) >= 11 is 7.37. The Bertz CT molecular complexity index is 2280. The molecule has 2 heterocycles. The highest BCUT2D eigenvalue weighted by Gasteiger charge is 2.41. The third-order valence-electron chi connectivity index (χ3n) is 11.8. The van der Waals surface area contributed by atoms with Crippen LogP contribution < -0.4 is 16.2 Å². The molecule has 1 saturated heterocycles. The van der Waals surface area contributed by atoms with Gasteiger partial charge in [-0.25, -0.2) is 4.79 Å². The SMILES string of the molecule is C=CCCc1ccc(C2CCCC(O)OCC(CC)C(S)(c3ccccc3)SC(c3ccc(NC(=O)NNc4ccc5c6c(cccc46)C(=O)N(CC)C5=O)cc3)C2)cc1. The predicted molar refractivity (Wildman–Crippen MR) is 247 cm³/mol. The summed E-state index contributed by atoms with van der Waals surface area (Å²) in [5.41, 5.74) is 12.6. The molecule has 4 amide bonds. The molecule has 9 nitrogen and oxygen atoms in total. The van der Waals surface area contributed by atoms with Crippen molar-refractivity contribution in [2.45, 2.75) is 80.3 Å². The lowest BCUT2D eigenvalue weighted by Gasteiger charge is -2.40. The van der Waals surface area contributed by atoms with E-state index in [-0.39, 0.29) is 35.4 Å². The Morgan fingerprint density at radius 2 is 1.63 bits per heavy atom. The van der Waals surface area contributed by atoms with Gasteiger partial charge < -0.3 is 15.2 Å². The minimum absolute atomic E-state index is 0.000651. The number of aryl methyl sites for hydroxylation is 1. The van der Waals surface area contributed by atoms with Crippen LogP contribution in [0.15, 0.2) is 122 Å². The number of amides is 4. The second-order valence-corrected chi connectivity index (χ2v) is 18.0. The molecule has 0 saturated carbocycles. The summed E-state index contributed by atoms with van der Waals surface area (Å²) in [6.45, 7) is 8.48. The van der Waals surface area contributed by atoms with Crippen molar-refractivity contribution in [3.63, 3.8) is 0 Å². The van der Waals surface area contributed by atoms with Gasteiger partial charge in [-0.1, -0.05) is 91.9 Å². The molecule has 4 N–H and O–H groups in total. The number of hydrazine groups is 1. The summed E-state index contributed by atoms with van der Waals surface area (Å²) in [7, 11) is 0. The van der Waals surface area contributed by atoms with Crippen molar-refractivity contribution in [1.29, 1.82) is 0 Å². The summed E-state index contributed by atoms with van der Waals surface area (Å²) in [5.74, 6) is -0.447. The summed E-state index contributed by atoms with van der Waals surface area (Å²) in [5, 5.41) is 15.1. The number of nitrogens with one attached hydrogen (secondary N) is 3. The second kappa shape index (κ2) is 19.5. The lowest BCUT2D eigenvalue weighted by atomic mass is 9.87. The Morgan fingerprint density at radius 1 is 0.917 bits per heavy atom. The third-order valence-corrected chi connectivity index (χ3v) is 14.4. The van der Waals surface area contributed by atoms with E-state index in [1.54, 1.807) is 31.2 Å². The molecule has 0 aliphatic carbocycles. The molecule has 0 bridgehead atoms. The molecule has 0 spiro atoms. The smallest absolute Gasteiger partial charge is 0.337 e. The van der Waals surface area contributed by atoms with Gasteiger partial charge in [0, 0.05) is 45.3 Å². The van der Waals surface area contributed by atoms with Gasteiger partial charge in [0.05, 0.1) is 16.4 Å². The Balaban J connectivity index is 1.14. The van der Waals surface area contributed by atoms with Crippen LogP contribution in [0.2, 0.25) is 0 Å². The number of nitrogens with zero attached hydrogens (tertiary/aromatic N) is 1. The average Bonchev–Trinajstić information content (AvgIpc) is 3.27. The van der Waals surface area contributed by atoms with Crippen LogP contribution in [-0.4, -0.2) is 47.3 Å². The summed E-state index contributed by atoms with van der Waals surface area (Å²) in [4.78, 5) is 40.7. The first kappa shape index (κ1) is 43.0. The van der Waals surface area contributed by atoms with Crippen molar-refractivity contribution in [2.75, 3.05) is 23.9 Å². The van der Waals surface area contributed by atoms with Gasteiger partial charge in [-0.05, 0) is 110 Å². The average molecular weight is 843 g/mol. The van der Waals surface area contributed by atoms with Gasteiger partial charge in [0.15, 0.2) is 6.29 Å². The Hall–Kier alpha value is -5.07. The van der Waals surface area contributed by atoms with E-state index in [1.807, 2.05) is 54.2 Å². The highest BCUT2D eigenvalue weighted by atomic mass is 32.2. The number of urea groups is 1. The van der Waals surface area contributed by atoms with Crippen LogP contribution in [0.5, 0.6) is 0 Å². The predicted octanol–water partition coefficient (Wildman–Crippen LogP) is 11.0. The van der Waals surface area contributed by atoms with Crippen molar-refractivity contribution < 1.29 is 24.2 Å². The zero-order valence-electron chi connectivity index (χ0n) is 34.2. The number of allylic oxidation sites excluding steroid dienone is 1. The monoisotopic (exact) mass is 842 g/mol. The van der Waals surface area contributed by atoms with Gasteiger partial charge in [-0.15, -0.1) is 18.3 Å². The van der Waals surface area contributed by atoms with Gasteiger partial charge in [0.25, 0.3) is 11.8 Å². The van der Waals surface area contributed by atoms with Crippen molar-refractivity contribution in [3.8, 4) is 0 Å². The number of anilines is 2. The number of rotatable bonds is 11. The van der Waals surface area contributed by atoms with Gasteiger partial charge in [0.1, 0.15) is 0 Å². The van der Waals surface area contributed by atoms with Crippen LogP contribution in [0.3, 0.4) is 0 Å². The minimum Gasteiger partial charge on any atom is -0.368 e. The van der Waals surface area contributed by atoms with Crippen LogP contribution >= 0.6 is 24.4 Å². The van der Waals surface area contributed by atoms with Gasteiger partial charge in [-0.2, -0.15) is 12.6 Å². The number of thiol groups is 1. The number of ether oxygens (including phenoxy) is 1. The molecule has 0 radical (unpaired) electrons. The lowest BCUT2D eigenvalue weighted by molar-refractivity contribution is -0.115. The molecule has 0 aromatic heterocycles. The maximum Gasteiger partial charge on any atom is 0.337 e. The van der Waals surface area contributed by atoms with E-state index in [0.29, 0.717) is 46.3 Å². The van der Waals surface area contributed by atoms with Gasteiger partial charge >= 0.3 is 6.03 Å². The van der Waals surface area contributed by atoms with E-state index in [0.717, 1.165) is 49.7 Å². The van der Waals surface area contributed by atoms with Crippen molar-refractivity contribution >= 4 is 64.4 Å². The largest absolute Gasteiger partial charge is 0.368 e. The molecule has 5 unspecified atom stereocenters. The number of aliphatic hydroxyl groups excluding tert-OH is 1. The van der Waals surface area contributed by atoms with E-state index < -0.39 is 16.4 Å². The lowest BCUT2D eigenvalue weighted by Crippen LogP contribution is -2.40. The molecular formula is C49H54N4O5S2. The highest BCUT2D eigenvalue weighted by Crippen LogP contribution is 2.56. The minimum atomic E-state index is -0.835. The number of hydrogen-bond acceptors (Lipinski definition) is 8. The molecule has 2 aliphatic heterocycles. The van der Waals surface area contributed by atoms with Crippen LogP contribution in [0.4, 0.5) is 16.2 Å². The maximum absolute atomic E-state index is 13.3. The number of carbonyl (C=O) groups is 3. The Labute approximate surface area is 362 Å². The number of thioether (sulfide) groups is 1. The zero-order valence-corrected chi connectivity index (χ0v) is 35.9. The fourth-order valence-electron chi connectivity index (χ4n) is 8.42. The first-order chi connectivity index (χ1) is 29.1. The summed E-state index contributed by atoms with van der Waals surface area (Å²) < 4.78 is 5.49. The third kappa shape index (κ3) is 9.45. The fraction of sp³-hybridized carbons (Fsp3) is 0.327. The molecule has 1 fully saturated rings. The normalized spacial score (nSPS) is 22.4. The van der Waals surface area contributed by atoms with E-state index in [1.165, 1.54) is 16.0 Å². The van der Waals surface area contributed by atoms with Crippen LogP contribution in [0.1, 0.15) is 107 Å². The van der Waals surface area contributed by atoms with Crippen LogP contribution in [0, 0.1) is 5.92 Å². The van der Waals surface area contributed by atoms with Crippen LogP contribution in [-0.2, 0) is 15.2 Å². The standard InChI is InChI=1S/C49H54N4O5S2/c1-4-7-13-32-20-22-33(23-21-32)35-14-11-19-44(54)58-31-36(5-2)49(59,37-15-9-8-10-16-37)60-43(30-35)34-24-26-38(27-25-34)50-48(57)52-51-42-29-28-41-45-39(42)17-12-18-40(45)46(55)53(6-3)47(41)56/h4,8-10,12,15-18,20-29,35-36,43-44,51,54,59H,1,5-7,11,13-14,19,30-31H2,2-3H3,(H2,50,52,57). The molecule has 5 aromatic rings. The number of carbonyl (C=O) groups excluding carboxylic acids is 3. The number of benzene rings is 5. The van der Waals surface area contributed by atoms with E-state index >= 15 is 0 Å². The molecule has 2 aliphatic rings. The van der Waals surface area contributed by atoms with Crippen molar-refractivity contribution in [2.24, 2.45) is 5.92 Å². The first-order valence-corrected chi connectivity index (χ1v) is 22.3. The van der Waals surface area contributed by atoms with E-state index in [9.17, 15) is 19.5 Å². The van der Waals surface area contributed by atoms with Gasteiger partial charge in [0.2, 0.25) is 0 Å². The Kier molecular flexibility index (Phi) is 14.0. The number of aliphatic hydroxyl groups is 1. The quantitative estimate of drug-likeness (QED) is 0.0389. The first-order valence-electron chi connectivity index (χ1n) is 20.9. The number of hydrogen-bond donors (Lipinski definition) is 5. The molecule has 7 rings (SSSR count). The summed E-state index contributed by atoms with van der Waals surface area (Å²) in [6, 6.07) is 35.6. The van der Waals surface area contributed by atoms with E-state index in [2.05, 4.69) is 78.2 Å². The molecule has 5 aromatic carbocycles. The van der Waals surface area contributed by atoms with Crippen LogP contribution in [0.25, 0.3) is 10.8 Å². The molecular weight excluding hydrogens is 789 g/mol. The Morgan fingerprint density at radius 3 is 2.33 bits per heavy atom. The van der Waals surface area contributed by atoms with E-state index in [4.69, 9.17) is 17.4 Å². The summed E-state index contributed by atoms with van der Waals surface area (Å²) in [6.07, 6.45) is 6.93. The van der Waals surface area contributed by atoms with Crippen molar-refractivity contribution in [3.05, 3.63) is 155 Å². The topological polar surface area (TPSA) is 120 Å². The fourth-order valence-corrected chi connectivity index (χ4v) is 11.0. The second-order valence-electron chi connectivity index (χ2n) is 15.6. The van der Waals surface area contributed by atoms with Crippen molar-refractivity contribution in [1.82, 2.24) is 10.3 Å². The molecule has 312 valence electrons.